The van der Waals surface area contributed by atoms with Gasteiger partial charge in [0.2, 0.25) is 0 Å². The van der Waals surface area contributed by atoms with Crippen LogP contribution in [-0.4, -0.2) is 41.0 Å². The van der Waals surface area contributed by atoms with Crippen LogP contribution in [0.25, 0.3) is 0 Å². The Labute approximate surface area is 162 Å². The summed E-state index contributed by atoms with van der Waals surface area (Å²) in [4.78, 5) is 4.60. The number of methoxy groups -OCH3 is 1. The first-order chi connectivity index (χ1) is 12.4. The van der Waals surface area contributed by atoms with Gasteiger partial charge in [-0.25, -0.2) is 4.99 Å². The summed E-state index contributed by atoms with van der Waals surface area (Å²) in [5.41, 5.74) is 0.660. The first kappa shape index (κ1) is 20.3. The number of aryl methyl sites for hydroxylation is 1. The lowest BCUT2D eigenvalue weighted by molar-refractivity contribution is 0.0616. The molecule has 0 aliphatic carbocycles. The van der Waals surface area contributed by atoms with Gasteiger partial charge in [0.15, 0.2) is 5.96 Å². The van der Waals surface area contributed by atoms with Gasteiger partial charge in [0.25, 0.3) is 0 Å². The number of aromatic nitrogens is 2. The maximum Gasteiger partial charge on any atom is 0.191 e. The Morgan fingerprint density at radius 2 is 2.19 bits per heavy atom. The summed E-state index contributed by atoms with van der Waals surface area (Å²) in [6.07, 6.45) is 3.47. The van der Waals surface area contributed by atoms with E-state index < -0.39 is 5.60 Å². The Morgan fingerprint density at radius 1 is 1.42 bits per heavy atom. The molecule has 0 saturated carbocycles. The number of benzene rings is 1. The molecule has 0 aliphatic rings. The molecule has 26 heavy (non-hydrogen) atoms. The van der Waals surface area contributed by atoms with Crippen LogP contribution in [0.4, 0.5) is 0 Å². The Balaban J connectivity index is 2.08. The van der Waals surface area contributed by atoms with E-state index in [0.29, 0.717) is 19.0 Å². The highest BCUT2D eigenvalue weighted by atomic mass is 79.9. The zero-order valence-electron chi connectivity index (χ0n) is 15.6. The van der Waals surface area contributed by atoms with Crippen LogP contribution in [0.15, 0.2) is 40.1 Å². The monoisotopic (exact) mass is 423 g/mol. The highest BCUT2D eigenvalue weighted by Crippen LogP contribution is 2.23. The predicted octanol–water partition coefficient (Wildman–Crippen LogP) is 2.15. The van der Waals surface area contributed by atoms with Crippen molar-refractivity contribution >= 4 is 21.9 Å². The SMILES string of the molecule is CCNC(=NCc1cc(Br)ccc1OC)NCC(C)(O)c1cnn(C)c1. The van der Waals surface area contributed by atoms with Gasteiger partial charge in [-0.3, -0.25) is 4.68 Å². The number of rotatable bonds is 7. The molecule has 8 heteroatoms. The van der Waals surface area contributed by atoms with Crippen LogP contribution in [-0.2, 0) is 19.2 Å². The van der Waals surface area contributed by atoms with Gasteiger partial charge in [0.05, 0.1) is 26.4 Å². The lowest BCUT2D eigenvalue weighted by Crippen LogP contribution is -2.44. The lowest BCUT2D eigenvalue weighted by Gasteiger charge is -2.23. The van der Waals surface area contributed by atoms with Gasteiger partial charge in [0.1, 0.15) is 11.4 Å². The van der Waals surface area contributed by atoms with Crippen molar-refractivity contribution in [1.82, 2.24) is 20.4 Å². The van der Waals surface area contributed by atoms with Gasteiger partial charge in [-0.15, -0.1) is 0 Å². The Morgan fingerprint density at radius 3 is 2.81 bits per heavy atom. The van der Waals surface area contributed by atoms with E-state index in [0.717, 1.165) is 27.9 Å². The van der Waals surface area contributed by atoms with E-state index >= 15 is 0 Å². The Kier molecular flexibility index (Phi) is 7.05. The molecular formula is C18H26BrN5O2. The second-order valence-corrected chi connectivity index (χ2v) is 7.10. The van der Waals surface area contributed by atoms with Crippen LogP contribution in [0.1, 0.15) is 25.0 Å². The molecule has 7 nitrogen and oxygen atoms in total. The predicted molar refractivity (Wildman–Crippen MR) is 106 cm³/mol. The number of hydrogen-bond acceptors (Lipinski definition) is 4. The maximum absolute atomic E-state index is 10.7. The summed E-state index contributed by atoms with van der Waals surface area (Å²) >= 11 is 3.47. The second kappa shape index (κ2) is 9.05. The van der Waals surface area contributed by atoms with Crippen molar-refractivity contribution in [2.24, 2.45) is 12.0 Å². The summed E-state index contributed by atoms with van der Waals surface area (Å²) < 4.78 is 8.03. The standard InChI is InChI=1S/C18H26BrN5O2/c1-5-20-17(21-9-13-8-15(19)6-7-16(13)26-4)22-12-18(2,25)14-10-23-24(3)11-14/h6-8,10-11,25H,5,9,12H2,1-4H3,(H2,20,21,22). The highest BCUT2D eigenvalue weighted by molar-refractivity contribution is 9.10. The maximum atomic E-state index is 10.7. The molecule has 1 unspecified atom stereocenters. The highest BCUT2D eigenvalue weighted by Gasteiger charge is 2.25. The molecule has 1 atom stereocenters. The first-order valence-corrected chi connectivity index (χ1v) is 9.21. The van der Waals surface area contributed by atoms with E-state index in [9.17, 15) is 5.11 Å². The van der Waals surface area contributed by atoms with E-state index in [1.165, 1.54) is 0 Å². The van der Waals surface area contributed by atoms with Gasteiger partial charge < -0.3 is 20.5 Å². The lowest BCUT2D eigenvalue weighted by atomic mass is 10.00. The molecule has 0 amide bonds. The van der Waals surface area contributed by atoms with Crippen molar-refractivity contribution in [3.05, 3.63) is 46.2 Å². The number of halogens is 1. The zero-order valence-corrected chi connectivity index (χ0v) is 17.2. The van der Waals surface area contributed by atoms with Crippen LogP contribution >= 0.6 is 15.9 Å². The minimum Gasteiger partial charge on any atom is -0.496 e. The summed E-state index contributed by atoms with van der Waals surface area (Å²) in [6, 6.07) is 5.82. The fourth-order valence-electron chi connectivity index (χ4n) is 2.43. The van der Waals surface area contributed by atoms with Crippen molar-refractivity contribution in [2.75, 3.05) is 20.2 Å². The number of nitrogens with zero attached hydrogens (tertiary/aromatic N) is 3. The molecule has 0 saturated heterocycles. The Bertz CT molecular complexity index is 758. The molecule has 0 bridgehead atoms. The fourth-order valence-corrected chi connectivity index (χ4v) is 2.84. The van der Waals surface area contributed by atoms with Gasteiger partial charge in [-0.2, -0.15) is 5.10 Å². The number of aliphatic imine (C=N–C) groups is 1. The third-order valence-corrected chi connectivity index (χ3v) is 4.41. The average molecular weight is 424 g/mol. The molecule has 0 aliphatic heterocycles. The molecular weight excluding hydrogens is 398 g/mol. The third-order valence-electron chi connectivity index (χ3n) is 3.92. The number of guanidine groups is 1. The van der Waals surface area contributed by atoms with E-state index in [1.54, 1.807) is 31.1 Å². The van der Waals surface area contributed by atoms with Crippen LogP contribution in [0, 0.1) is 0 Å². The molecule has 1 aromatic carbocycles. The van der Waals surface area contributed by atoms with Crippen LogP contribution in [0.5, 0.6) is 5.75 Å². The normalized spacial score (nSPS) is 14.0. The molecule has 2 aromatic rings. The number of aliphatic hydroxyl groups is 1. The van der Waals surface area contributed by atoms with Crippen LogP contribution in [0.2, 0.25) is 0 Å². The molecule has 3 N–H and O–H groups in total. The minimum atomic E-state index is -1.06. The smallest absolute Gasteiger partial charge is 0.191 e. The third kappa shape index (κ3) is 5.47. The minimum absolute atomic E-state index is 0.306. The quantitative estimate of drug-likeness (QED) is 0.469. The van der Waals surface area contributed by atoms with E-state index in [-0.39, 0.29) is 0 Å². The first-order valence-electron chi connectivity index (χ1n) is 8.42. The zero-order chi connectivity index (χ0) is 19.2. The van der Waals surface area contributed by atoms with Gasteiger partial charge in [-0.05, 0) is 32.0 Å². The van der Waals surface area contributed by atoms with E-state index in [2.05, 4.69) is 36.7 Å². The average Bonchev–Trinajstić information content (AvgIpc) is 3.05. The van der Waals surface area contributed by atoms with Crippen molar-refractivity contribution in [3.63, 3.8) is 0 Å². The molecule has 1 aromatic heterocycles. The number of ether oxygens (including phenoxy) is 1. The summed E-state index contributed by atoms with van der Waals surface area (Å²) in [6.45, 7) is 5.22. The van der Waals surface area contributed by atoms with Gasteiger partial charge in [0, 0.05) is 35.4 Å². The van der Waals surface area contributed by atoms with Crippen molar-refractivity contribution < 1.29 is 9.84 Å². The summed E-state index contributed by atoms with van der Waals surface area (Å²) in [5.74, 6) is 1.41. The molecule has 0 spiro atoms. The van der Waals surface area contributed by atoms with Crippen LogP contribution < -0.4 is 15.4 Å². The molecule has 142 valence electrons. The molecule has 0 fully saturated rings. The topological polar surface area (TPSA) is 83.7 Å². The van der Waals surface area contributed by atoms with E-state index in [1.807, 2.05) is 32.2 Å². The largest absolute Gasteiger partial charge is 0.496 e. The molecule has 2 rings (SSSR count). The molecule has 1 heterocycles. The number of nitrogens with one attached hydrogen (secondary N) is 2. The van der Waals surface area contributed by atoms with Crippen molar-refractivity contribution in [3.8, 4) is 5.75 Å². The van der Waals surface area contributed by atoms with Crippen molar-refractivity contribution in [2.45, 2.75) is 26.0 Å². The van der Waals surface area contributed by atoms with Gasteiger partial charge >= 0.3 is 0 Å². The van der Waals surface area contributed by atoms with E-state index in [4.69, 9.17) is 4.74 Å². The number of hydrogen-bond donors (Lipinski definition) is 3. The van der Waals surface area contributed by atoms with Crippen molar-refractivity contribution in [1.29, 1.82) is 0 Å². The van der Waals surface area contributed by atoms with Gasteiger partial charge in [-0.1, -0.05) is 15.9 Å². The summed E-state index contributed by atoms with van der Waals surface area (Å²) in [5, 5.41) is 21.2. The second-order valence-electron chi connectivity index (χ2n) is 6.18. The van der Waals surface area contributed by atoms with Crippen LogP contribution in [0.3, 0.4) is 0 Å². The molecule has 0 radical (unpaired) electrons. The summed E-state index contributed by atoms with van der Waals surface area (Å²) in [7, 11) is 3.47. The fraction of sp³-hybridized carbons (Fsp3) is 0.444. The Hall–Kier alpha value is -2.06.